The van der Waals surface area contributed by atoms with Crippen molar-refractivity contribution in [3.8, 4) is 0 Å². The van der Waals surface area contributed by atoms with Gasteiger partial charge in [-0.25, -0.2) is 23.0 Å². The molecule has 254 valence electrons. The molecule has 46 heavy (non-hydrogen) atoms. The summed E-state index contributed by atoms with van der Waals surface area (Å²) < 4.78 is 79.5. The average Bonchev–Trinajstić information content (AvgIpc) is 3.54. The Labute approximate surface area is 256 Å². The Kier molecular flexibility index (Phi) is 11.4. The number of nitrogens with zero attached hydrogens (tertiary/aromatic N) is 5. The number of alkyl halides is 3. The molecule has 0 saturated carbocycles. The third-order valence-corrected chi connectivity index (χ3v) is 7.02. The van der Waals surface area contributed by atoms with E-state index in [4.69, 9.17) is 27.2 Å². The average molecular weight is 684 g/mol. The molecule has 3 aromatic rings. The van der Waals surface area contributed by atoms with Crippen molar-refractivity contribution < 1.29 is 69.8 Å². The van der Waals surface area contributed by atoms with E-state index in [1.54, 1.807) is 0 Å². The van der Waals surface area contributed by atoms with E-state index in [1.165, 1.54) is 58.7 Å². The van der Waals surface area contributed by atoms with E-state index in [2.05, 4.69) is 4.98 Å². The molecule has 0 unspecified atom stereocenters. The first-order valence-corrected chi connectivity index (χ1v) is 14.4. The molecule has 0 aromatic carbocycles. The molecule has 0 spiro atoms. The van der Waals surface area contributed by atoms with Crippen molar-refractivity contribution in [2.45, 2.75) is 43.0 Å². The van der Waals surface area contributed by atoms with Crippen LogP contribution >= 0.6 is 0 Å². The van der Waals surface area contributed by atoms with Crippen LogP contribution in [0.2, 0.25) is 0 Å². The van der Waals surface area contributed by atoms with E-state index >= 15 is 0 Å². The maximum atomic E-state index is 12.4. The molecular weight excluding hydrogens is 655 g/mol. The van der Waals surface area contributed by atoms with Gasteiger partial charge < -0.3 is 38.7 Å². The minimum atomic E-state index is -6.09. The van der Waals surface area contributed by atoms with Gasteiger partial charge in [-0.05, 0) is 6.07 Å². The summed E-state index contributed by atoms with van der Waals surface area (Å²) in [6.07, 6.45) is -0.107. The predicted octanol–water partition coefficient (Wildman–Crippen LogP) is -2.83. The fourth-order valence-electron chi connectivity index (χ4n) is 4.09. The van der Waals surface area contributed by atoms with E-state index in [0.29, 0.717) is 0 Å². The number of hydrogen-bond acceptors (Lipinski definition) is 14. The zero-order valence-electron chi connectivity index (χ0n) is 23.9. The Bertz CT molecular complexity index is 1810. The lowest BCUT2D eigenvalue weighted by Gasteiger charge is -2.10. The SMILES string of the molecule is Cn1c(=O)c2c(ncn2CC(=O)OCCCOC(=O)c2ccc[n+]([C@@H]3O[C@H](CO)[C@@H](O)[C@H]3O)c2)n(C)c1=O.O=S(=O)([O-])C(F)(F)F. The molecule has 0 amide bonds. The van der Waals surface area contributed by atoms with Gasteiger partial charge in [0.1, 0.15) is 24.3 Å². The van der Waals surface area contributed by atoms with Gasteiger partial charge >= 0.3 is 23.1 Å². The summed E-state index contributed by atoms with van der Waals surface area (Å²) in [6, 6.07) is 3.04. The lowest BCUT2D eigenvalue weighted by molar-refractivity contribution is -0.765. The van der Waals surface area contributed by atoms with Gasteiger partial charge in [-0.1, -0.05) is 0 Å². The minimum Gasteiger partial charge on any atom is -0.741 e. The van der Waals surface area contributed by atoms with E-state index < -0.39 is 70.0 Å². The molecule has 0 bridgehead atoms. The third-order valence-electron chi connectivity index (χ3n) is 6.45. The number of aliphatic hydroxyl groups is 3. The molecule has 22 heteroatoms. The molecule has 4 atom stereocenters. The molecule has 1 saturated heterocycles. The number of hydrogen-bond donors (Lipinski definition) is 3. The Morgan fingerprint density at radius 3 is 2.35 bits per heavy atom. The highest BCUT2D eigenvalue weighted by Gasteiger charge is 2.48. The number of pyridine rings is 1. The van der Waals surface area contributed by atoms with Gasteiger partial charge in [-0.2, -0.15) is 17.7 Å². The predicted molar refractivity (Wildman–Crippen MR) is 141 cm³/mol. The van der Waals surface area contributed by atoms with Crippen LogP contribution in [0, 0.1) is 0 Å². The highest BCUT2D eigenvalue weighted by Crippen LogP contribution is 2.25. The number of esters is 2. The topological polar surface area (TPSA) is 245 Å². The molecule has 4 heterocycles. The monoisotopic (exact) mass is 683 g/mol. The first-order valence-electron chi connectivity index (χ1n) is 13.0. The molecular formula is C24H28F3N5O13S. The molecule has 1 fully saturated rings. The Morgan fingerprint density at radius 1 is 1.13 bits per heavy atom. The molecule has 0 radical (unpaired) electrons. The second-order valence-electron chi connectivity index (χ2n) is 9.63. The van der Waals surface area contributed by atoms with Crippen molar-refractivity contribution in [1.29, 1.82) is 0 Å². The summed E-state index contributed by atoms with van der Waals surface area (Å²) in [6.45, 7) is -0.868. The first kappa shape index (κ1) is 36.3. The lowest BCUT2D eigenvalue weighted by Crippen LogP contribution is -2.46. The summed E-state index contributed by atoms with van der Waals surface area (Å²) in [4.78, 5) is 53.2. The van der Waals surface area contributed by atoms with Crippen molar-refractivity contribution in [3.05, 3.63) is 57.3 Å². The molecule has 3 N–H and O–H groups in total. The lowest BCUT2D eigenvalue weighted by atomic mass is 10.1. The summed E-state index contributed by atoms with van der Waals surface area (Å²) in [5.41, 5.74) is -6.36. The number of halogens is 3. The number of aliphatic hydroxyl groups excluding tert-OH is 3. The standard InChI is InChI=1S/C23H28N5O10.CHF3O3S/c1-25-19-16(20(33)26(2)23(25)35)28(12-24-19)10-15(30)36-7-4-8-37-22(34)13-5-3-6-27(9-13)21-18(32)17(31)14(11-29)38-21;2-1(3,4)8(5,6)7/h3,5-6,9,12,14,17-18,21,29,31-32H,4,7-8,10-11H2,1-2H3;(H,5,6,7)/q+1;/p-1/t14-,17-,18-,21-;/m1./s1. The molecule has 1 aliphatic rings. The van der Waals surface area contributed by atoms with Crippen LogP contribution < -0.4 is 15.8 Å². The van der Waals surface area contributed by atoms with Crippen molar-refractivity contribution in [2.75, 3.05) is 19.8 Å². The molecule has 1 aliphatic heterocycles. The van der Waals surface area contributed by atoms with Crippen LogP contribution in [0.3, 0.4) is 0 Å². The normalized spacial score (nSPS) is 19.8. The van der Waals surface area contributed by atoms with Crippen LogP contribution in [0.25, 0.3) is 11.2 Å². The summed E-state index contributed by atoms with van der Waals surface area (Å²) in [5.74, 6) is -1.31. The number of aryl methyl sites for hydroxylation is 1. The third kappa shape index (κ3) is 8.13. The highest BCUT2D eigenvalue weighted by atomic mass is 32.2. The number of fused-ring (bicyclic) bond motifs is 1. The molecule has 3 aromatic heterocycles. The Morgan fingerprint density at radius 2 is 1.76 bits per heavy atom. The Balaban J connectivity index is 0.000000637. The van der Waals surface area contributed by atoms with Crippen LogP contribution in [0.4, 0.5) is 13.2 Å². The number of carbonyl (C=O) groups excluding carboxylic acids is 2. The number of ether oxygens (including phenoxy) is 3. The van der Waals surface area contributed by atoms with Gasteiger partial charge in [0.15, 0.2) is 39.8 Å². The maximum absolute atomic E-state index is 12.4. The summed E-state index contributed by atoms with van der Waals surface area (Å²) in [7, 11) is -3.29. The minimum absolute atomic E-state index is 0.0490. The van der Waals surface area contributed by atoms with Crippen molar-refractivity contribution in [3.63, 3.8) is 0 Å². The van der Waals surface area contributed by atoms with Crippen LogP contribution in [0.5, 0.6) is 0 Å². The highest BCUT2D eigenvalue weighted by molar-refractivity contribution is 7.86. The van der Waals surface area contributed by atoms with Gasteiger partial charge in [-0.15, -0.1) is 0 Å². The van der Waals surface area contributed by atoms with E-state index in [1.807, 2.05) is 0 Å². The van der Waals surface area contributed by atoms with Crippen LogP contribution in [-0.4, -0.2) is 103 Å². The maximum Gasteiger partial charge on any atom is 0.485 e. The first-order chi connectivity index (χ1) is 21.4. The van der Waals surface area contributed by atoms with Gasteiger partial charge in [-0.3, -0.25) is 18.7 Å². The van der Waals surface area contributed by atoms with Crippen LogP contribution in [0.15, 0.2) is 40.4 Å². The number of rotatable bonds is 9. The second-order valence-corrected chi connectivity index (χ2v) is 11.0. The fraction of sp³-hybridized carbons (Fsp3) is 0.500. The quantitative estimate of drug-likeness (QED) is 0.0677. The number of aromatic nitrogens is 5. The molecule has 4 rings (SSSR count). The Hall–Kier alpha value is -4.22. The smallest absolute Gasteiger partial charge is 0.485 e. The van der Waals surface area contributed by atoms with Crippen molar-refractivity contribution in [2.24, 2.45) is 14.1 Å². The van der Waals surface area contributed by atoms with Crippen LogP contribution in [-0.2, 0) is 49.8 Å². The van der Waals surface area contributed by atoms with Crippen LogP contribution in [0.1, 0.15) is 23.0 Å². The van der Waals surface area contributed by atoms with Crippen molar-refractivity contribution in [1.82, 2.24) is 18.7 Å². The van der Waals surface area contributed by atoms with Gasteiger partial charge in [0.2, 0.25) is 0 Å². The largest absolute Gasteiger partial charge is 0.741 e. The zero-order chi connectivity index (χ0) is 34.6. The zero-order valence-corrected chi connectivity index (χ0v) is 24.8. The second kappa shape index (κ2) is 14.5. The van der Waals surface area contributed by atoms with E-state index in [0.717, 1.165) is 4.57 Å². The van der Waals surface area contributed by atoms with E-state index in [-0.39, 0.29) is 42.9 Å². The van der Waals surface area contributed by atoms with Gasteiger partial charge in [0, 0.05) is 26.6 Å². The fourth-order valence-corrected chi connectivity index (χ4v) is 4.09. The van der Waals surface area contributed by atoms with Gasteiger partial charge in [0.05, 0.1) is 26.1 Å². The molecule has 0 aliphatic carbocycles. The molecule has 18 nitrogen and oxygen atoms in total. The van der Waals surface area contributed by atoms with Crippen molar-refractivity contribution >= 4 is 33.2 Å². The summed E-state index contributed by atoms with van der Waals surface area (Å²) in [5, 5.41) is 29.3. The summed E-state index contributed by atoms with van der Waals surface area (Å²) >= 11 is 0. The van der Waals surface area contributed by atoms with Gasteiger partial charge in [0.25, 0.3) is 11.8 Å². The van der Waals surface area contributed by atoms with E-state index in [9.17, 15) is 47.7 Å². The number of imidazole rings is 1. The number of carbonyl (C=O) groups is 2.